The zero-order valence-corrected chi connectivity index (χ0v) is 13.5. The fourth-order valence-corrected chi connectivity index (χ4v) is 2.48. The highest BCUT2D eigenvalue weighted by atomic mass is 19.3. The van der Waals surface area contributed by atoms with E-state index in [1.165, 1.54) is 12.4 Å². The van der Waals surface area contributed by atoms with E-state index in [9.17, 15) is 8.78 Å². The fraction of sp³-hybridized carbons (Fsp3) is 0.294. The number of hydrogen-bond donors (Lipinski definition) is 0. The number of halogens is 2. The van der Waals surface area contributed by atoms with Crippen LogP contribution in [-0.2, 0) is 13.1 Å². The predicted octanol–water partition coefficient (Wildman–Crippen LogP) is 3.87. The molecule has 0 spiro atoms. The van der Waals surface area contributed by atoms with E-state index >= 15 is 0 Å². The monoisotopic (exact) mass is 332 g/mol. The highest BCUT2D eigenvalue weighted by Gasteiger charge is 2.16. The lowest BCUT2D eigenvalue weighted by Gasteiger charge is -2.16. The van der Waals surface area contributed by atoms with Crippen LogP contribution in [0.1, 0.15) is 23.8 Å². The van der Waals surface area contributed by atoms with Crippen molar-refractivity contribution in [3.63, 3.8) is 0 Å². The molecule has 0 unspecified atom stereocenters. The van der Waals surface area contributed by atoms with Crippen LogP contribution < -0.4 is 0 Å². The molecule has 5 nitrogen and oxygen atoms in total. The maximum Gasteiger partial charge on any atom is 0.319 e. The number of imidazole rings is 1. The molecule has 0 saturated carbocycles. The van der Waals surface area contributed by atoms with Gasteiger partial charge in [0.25, 0.3) is 0 Å². The zero-order valence-electron chi connectivity index (χ0n) is 13.5. The number of benzene rings is 1. The summed E-state index contributed by atoms with van der Waals surface area (Å²) in [7, 11) is 1.83. The van der Waals surface area contributed by atoms with E-state index in [0.717, 1.165) is 21.6 Å². The number of aromatic nitrogens is 3. The summed E-state index contributed by atoms with van der Waals surface area (Å²) >= 11 is 0. The predicted molar refractivity (Wildman–Crippen MR) is 85.3 cm³/mol. The first-order valence-corrected chi connectivity index (χ1v) is 7.54. The lowest BCUT2D eigenvalue weighted by atomic mass is 10.2. The first-order valence-electron chi connectivity index (χ1n) is 7.54. The van der Waals surface area contributed by atoms with Crippen LogP contribution in [0, 0.1) is 6.92 Å². The molecule has 2 heterocycles. The molecule has 0 atom stereocenters. The van der Waals surface area contributed by atoms with Gasteiger partial charge in [0.05, 0.1) is 12.2 Å². The van der Waals surface area contributed by atoms with Crippen molar-refractivity contribution in [3.05, 3.63) is 60.0 Å². The lowest BCUT2D eigenvalue weighted by Crippen LogP contribution is -2.21. The van der Waals surface area contributed by atoms with Gasteiger partial charge in [-0.25, -0.2) is 9.97 Å². The van der Waals surface area contributed by atoms with Crippen LogP contribution in [0.15, 0.2) is 47.1 Å². The molecule has 1 aromatic carbocycles. The third-order valence-electron chi connectivity index (χ3n) is 3.70. The first-order chi connectivity index (χ1) is 11.5. The number of oxazole rings is 1. The Kier molecular flexibility index (Phi) is 4.71. The molecule has 3 aromatic rings. The molecule has 7 heteroatoms. The Balaban J connectivity index is 1.72. The van der Waals surface area contributed by atoms with Crippen LogP contribution in [0.2, 0.25) is 0 Å². The Morgan fingerprint density at radius 1 is 1.21 bits per heavy atom. The molecule has 3 rings (SSSR count). The second-order valence-corrected chi connectivity index (χ2v) is 5.59. The van der Waals surface area contributed by atoms with Crippen molar-refractivity contribution < 1.29 is 13.2 Å². The van der Waals surface area contributed by atoms with Gasteiger partial charge in [-0.2, -0.15) is 8.78 Å². The molecule has 126 valence electrons. The van der Waals surface area contributed by atoms with Crippen molar-refractivity contribution in [3.8, 4) is 11.5 Å². The van der Waals surface area contributed by atoms with Crippen molar-refractivity contribution in [1.29, 1.82) is 0 Å². The minimum Gasteiger partial charge on any atom is -0.441 e. The van der Waals surface area contributed by atoms with Gasteiger partial charge in [-0.1, -0.05) is 18.2 Å². The smallest absolute Gasteiger partial charge is 0.319 e. The van der Waals surface area contributed by atoms with Crippen LogP contribution in [0.4, 0.5) is 8.78 Å². The van der Waals surface area contributed by atoms with E-state index in [0.29, 0.717) is 24.8 Å². The standard InChI is InChI=1S/C17H18F2N4O/c1-12-14(21-16(24-12)13-6-4-3-5-7-13)10-22(2)11-15-20-8-9-23(15)17(18)19/h3-9,17H,10-11H2,1-2H3. The van der Waals surface area contributed by atoms with Gasteiger partial charge in [-0.15, -0.1) is 0 Å². The molecule has 0 N–H and O–H groups in total. The third-order valence-corrected chi connectivity index (χ3v) is 3.70. The highest BCUT2D eigenvalue weighted by Crippen LogP contribution is 2.22. The molecule has 0 aliphatic carbocycles. The molecule has 2 aromatic heterocycles. The van der Waals surface area contributed by atoms with Crippen molar-refractivity contribution in [2.24, 2.45) is 0 Å². The molecule has 0 fully saturated rings. The minimum absolute atomic E-state index is 0.296. The number of rotatable bonds is 6. The van der Waals surface area contributed by atoms with E-state index in [2.05, 4.69) is 9.97 Å². The molecule has 0 aliphatic heterocycles. The average Bonchev–Trinajstić information content (AvgIpc) is 3.15. The SMILES string of the molecule is Cc1oc(-c2ccccc2)nc1CN(C)Cc1nccn1C(F)F. The van der Waals surface area contributed by atoms with Crippen LogP contribution in [-0.4, -0.2) is 26.5 Å². The quantitative estimate of drug-likeness (QED) is 0.687. The van der Waals surface area contributed by atoms with Gasteiger partial charge in [0.2, 0.25) is 5.89 Å². The summed E-state index contributed by atoms with van der Waals surface area (Å²) < 4.78 is 32.3. The topological polar surface area (TPSA) is 47.1 Å². The number of hydrogen-bond acceptors (Lipinski definition) is 4. The molecule has 0 aliphatic rings. The average molecular weight is 332 g/mol. The maximum absolute atomic E-state index is 12.9. The van der Waals surface area contributed by atoms with E-state index in [1.54, 1.807) is 0 Å². The summed E-state index contributed by atoms with van der Waals surface area (Å²) in [6.45, 7) is 0.0417. The Morgan fingerprint density at radius 2 is 1.96 bits per heavy atom. The summed E-state index contributed by atoms with van der Waals surface area (Å²) in [6.07, 6.45) is 2.66. The van der Waals surface area contributed by atoms with E-state index in [4.69, 9.17) is 4.42 Å². The summed E-state index contributed by atoms with van der Waals surface area (Å²) in [5, 5.41) is 0. The molecule has 0 amide bonds. The first kappa shape index (κ1) is 16.3. The minimum atomic E-state index is -2.59. The molecule has 0 bridgehead atoms. The van der Waals surface area contributed by atoms with Gasteiger partial charge in [0.1, 0.15) is 11.6 Å². The fourth-order valence-electron chi connectivity index (χ4n) is 2.48. The zero-order chi connectivity index (χ0) is 17.1. The van der Waals surface area contributed by atoms with Crippen LogP contribution in [0.3, 0.4) is 0 Å². The van der Waals surface area contributed by atoms with Gasteiger partial charge in [-0.05, 0) is 26.1 Å². The Labute approximate surface area is 138 Å². The van der Waals surface area contributed by atoms with Gasteiger partial charge >= 0.3 is 6.55 Å². The van der Waals surface area contributed by atoms with Gasteiger partial charge < -0.3 is 4.42 Å². The highest BCUT2D eigenvalue weighted by molar-refractivity contribution is 5.53. The van der Waals surface area contributed by atoms with Gasteiger partial charge in [0, 0.05) is 24.5 Å². The normalized spacial score (nSPS) is 11.6. The number of alkyl halides is 2. The largest absolute Gasteiger partial charge is 0.441 e. The van der Waals surface area contributed by atoms with E-state index in [-0.39, 0.29) is 0 Å². The maximum atomic E-state index is 12.9. The van der Waals surface area contributed by atoms with Crippen molar-refractivity contribution in [2.45, 2.75) is 26.6 Å². The Bertz CT molecular complexity index is 798. The van der Waals surface area contributed by atoms with Crippen molar-refractivity contribution in [2.75, 3.05) is 7.05 Å². The van der Waals surface area contributed by atoms with Crippen LogP contribution >= 0.6 is 0 Å². The molecule has 0 radical (unpaired) electrons. The number of nitrogens with zero attached hydrogens (tertiary/aromatic N) is 4. The number of aryl methyl sites for hydroxylation is 1. The summed E-state index contributed by atoms with van der Waals surface area (Å²) in [6, 6.07) is 9.63. The van der Waals surface area contributed by atoms with Gasteiger partial charge in [-0.3, -0.25) is 9.47 Å². The second-order valence-electron chi connectivity index (χ2n) is 5.59. The molecule has 0 saturated heterocycles. The molecular weight excluding hydrogens is 314 g/mol. The Hall–Kier alpha value is -2.54. The summed E-state index contributed by atoms with van der Waals surface area (Å²) in [5.41, 5.74) is 1.69. The van der Waals surface area contributed by atoms with Gasteiger partial charge in [0.15, 0.2) is 0 Å². The Morgan fingerprint density at radius 3 is 2.67 bits per heavy atom. The third kappa shape index (κ3) is 3.51. The molecular formula is C17H18F2N4O. The van der Waals surface area contributed by atoms with Crippen LogP contribution in [0.25, 0.3) is 11.5 Å². The van der Waals surface area contributed by atoms with E-state index in [1.807, 2.05) is 49.2 Å². The van der Waals surface area contributed by atoms with Crippen molar-refractivity contribution >= 4 is 0 Å². The molecule has 24 heavy (non-hydrogen) atoms. The van der Waals surface area contributed by atoms with Crippen LogP contribution in [0.5, 0.6) is 0 Å². The van der Waals surface area contributed by atoms with Crippen molar-refractivity contribution in [1.82, 2.24) is 19.4 Å². The van der Waals surface area contributed by atoms with E-state index < -0.39 is 6.55 Å². The summed E-state index contributed by atoms with van der Waals surface area (Å²) in [5.74, 6) is 1.60. The lowest BCUT2D eigenvalue weighted by molar-refractivity contribution is 0.0644. The second kappa shape index (κ2) is 6.92. The summed E-state index contributed by atoms with van der Waals surface area (Å²) in [4.78, 5) is 10.4.